The van der Waals surface area contributed by atoms with Gasteiger partial charge in [0.1, 0.15) is 13.3 Å². The fourth-order valence-electron chi connectivity index (χ4n) is 2.84. The van der Waals surface area contributed by atoms with E-state index in [-0.39, 0.29) is 45.1 Å². The van der Waals surface area contributed by atoms with Crippen molar-refractivity contribution in [1.29, 1.82) is 0 Å². The summed E-state index contributed by atoms with van der Waals surface area (Å²) in [7, 11) is 9.02. The molecule has 27 heavy (non-hydrogen) atoms. The van der Waals surface area contributed by atoms with Crippen molar-refractivity contribution < 1.29 is 24.7 Å². The second kappa shape index (κ2) is 23.7. The molecular formula is C20H42Cl2F2P2Pd+2. The van der Waals surface area contributed by atoms with Crippen LogP contribution in [0.4, 0.5) is 8.78 Å². The number of alkyl halides is 2. The molecule has 0 radical (unpaired) electrons. The molecule has 0 atom stereocenters. The normalized spacial score (nSPS) is 12.1. The van der Waals surface area contributed by atoms with Crippen LogP contribution in [0.3, 0.4) is 0 Å². The van der Waals surface area contributed by atoms with E-state index >= 15 is 0 Å². The third-order valence-electron chi connectivity index (χ3n) is 4.18. The number of hydrogen-bond acceptors (Lipinski definition) is 0. The van der Waals surface area contributed by atoms with Crippen molar-refractivity contribution in [3.63, 3.8) is 0 Å². The van der Waals surface area contributed by atoms with Gasteiger partial charge in [0.25, 0.3) is 0 Å². The third-order valence-corrected chi connectivity index (χ3v) is 11.5. The Morgan fingerprint density at radius 1 is 0.630 bits per heavy atom. The van der Waals surface area contributed by atoms with Crippen LogP contribution >= 0.6 is 34.9 Å². The van der Waals surface area contributed by atoms with E-state index in [0.717, 1.165) is 35.0 Å². The van der Waals surface area contributed by atoms with Gasteiger partial charge in [0.05, 0.1) is 35.0 Å². The molecule has 0 unspecified atom stereocenters. The van der Waals surface area contributed by atoms with E-state index < -0.39 is 0 Å². The fraction of sp³-hybridized carbons (Fsp3) is 0.800. The van der Waals surface area contributed by atoms with Gasteiger partial charge in [-0.3, -0.25) is 0 Å². The van der Waals surface area contributed by atoms with Gasteiger partial charge in [-0.05, 0) is 67.5 Å². The maximum atomic E-state index is 11.8. The summed E-state index contributed by atoms with van der Waals surface area (Å²) in [6, 6.07) is 0. The van der Waals surface area contributed by atoms with Gasteiger partial charge < -0.3 is 0 Å². The monoisotopic (exact) mass is 558 g/mol. The molecule has 0 amide bonds. The van der Waals surface area contributed by atoms with E-state index in [9.17, 15) is 8.78 Å². The van der Waals surface area contributed by atoms with Crippen LogP contribution in [0.2, 0.25) is 0 Å². The molecule has 0 fully saturated rings. The first-order valence-corrected chi connectivity index (χ1v) is 17.3. The Balaban J connectivity index is -0.000000372. The minimum absolute atomic E-state index is 0.106. The van der Waals surface area contributed by atoms with E-state index in [2.05, 4.69) is 55.4 Å². The molecule has 168 valence electrons. The van der Waals surface area contributed by atoms with Crippen LogP contribution in [-0.2, 0) is 15.9 Å². The van der Waals surface area contributed by atoms with Crippen molar-refractivity contribution in [2.24, 2.45) is 0 Å². The summed E-state index contributed by atoms with van der Waals surface area (Å²) >= 11 is -0.106. The number of rotatable bonds is 10. The van der Waals surface area contributed by atoms with Crippen molar-refractivity contribution in [1.82, 2.24) is 0 Å². The zero-order chi connectivity index (χ0) is 21.8. The number of hydrogen-bond donors (Lipinski definition) is 0. The molecule has 0 bridgehead atoms. The molecule has 7 heteroatoms. The van der Waals surface area contributed by atoms with E-state index in [0.29, 0.717) is 0 Å². The molecule has 0 aromatic heterocycles. The Labute approximate surface area is 186 Å². The third kappa shape index (κ3) is 23.6. The number of halogens is 4. The molecule has 0 aliphatic rings. The Kier molecular flexibility index (Phi) is 29.1. The zero-order valence-corrected chi connectivity index (χ0v) is 23.3. The van der Waals surface area contributed by atoms with Crippen LogP contribution in [0.25, 0.3) is 0 Å². The van der Waals surface area contributed by atoms with Crippen molar-refractivity contribution in [2.75, 3.05) is 25.7 Å². The summed E-state index contributed by atoms with van der Waals surface area (Å²) in [5, 5.41) is 0. The van der Waals surface area contributed by atoms with Crippen molar-refractivity contribution in [2.45, 2.75) is 78.0 Å². The first-order chi connectivity index (χ1) is 12.6. The minimum atomic E-state index is -0.314. The summed E-state index contributed by atoms with van der Waals surface area (Å²) in [6.07, 6.45) is 9.52. The molecule has 0 saturated heterocycles. The fourth-order valence-corrected chi connectivity index (χ4v) is 8.27. The van der Waals surface area contributed by atoms with Gasteiger partial charge in [-0.1, -0.05) is 12.2 Å². The summed E-state index contributed by atoms with van der Waals surface area (Å²) in [5.74, 6) is 0. The predicted octanol–water partition coefficient (Wildman–Crippen LogP) is 8.46. The molecule has 0 N–H and O–H groups in total. The first-order valence-electron chi connectivity index (χ1n) is 9.55. The van der Waals surface area contributed by atoms with Gasteiger partial charge in [0.2, 0.25) is 0 Å². The van der Waals surface area contributed by atoms with Crippen molar-refractivity contribution >= 4 is 34.9 Å². The van der Waals surface area contributed by atoms with Gasteiger partial charge in [-0.15, -0.1) is 0 Å². The van der Waals surface area contributed by atoms with E-state index in [4.69, 9.17) is 19.1 Å². The first kappa shape index (κ1) is 33.1. The van der Waals surface area contributed by atoms with Crippen molar-refractivity contribution in [3.05, 3.63) is 24.3 Å². The molecular weight excluding hydrogens is 517 g/mol. The average molecular weight is 560 g/mol. The molecule has 0 spiro atoms. The topological polar surface area (TPSA) is 0 Å². The average Bonchev–Trinajstić information content (AvgIpc) is 2.55. The molecule has 0 aromatic carbocycles. The molecule has 0 aromatic rings. The van der Waals surface area contributed by atoms with Gasteiger partial charge in [0.15, 0.2) is 0 Å². The van der Waals surface area contributed by atoms with E-state index in [1.54, 1.807) is 12.2 Å². The molecule has 0 rings (SSSR count). The zero-order valence-electron chi connectivity index (χ0n) is 18.3. The van der Waals surface area contributed by atoms with Gasteiger partial charge in [0, 0.05) is 15.8 Å². The predicted molar refractivity (Wildman–Crippen MR) is 129 cm³/mol. The standard InChI is InChI=1S/2C10H20FP.2ClH.Pd/c2*1-9(2)12(10(3)4)8-6-5-7-11;;;/h2*5-6,9-10H,7-8H2,1-4H3;2*1H;/q;;;;+2. The Bertz CT molecular complexity index is 305. The quantitative estimate of drug-likeness (QED) is 0.143. The van der Waals surface area contributed by atoms with E-state index in [1.807, 2.05) is 12.2 Å². The molecule has 0 aliphatic carbocycles. The van der Waals surface area contributed by atoms with Gasteiger partial charge >= 0.3 is 35.0 Å². The summed E-state index contributed by atoms with van der Waals surface area (Å²) < 4.78 is 23.5. The summed E-state index contributed by atoms with van der Waals surface area (Å²) in [4.78, 5) is 0. The Morgan fingerprint density at radius 2 is 0.852 bits per heavy atom. The summed E-state index contributed by atoms with van der Waals surface area (Å²) in [6.45, 7) is 17.6. The second-order valence-corrected chi connectivity index (χ2v) is 17.6. The molecule has 0 aliphatic heterocycles. The van der Waals surface area contributed by atoms with Crippen LogP contribution in [0, 0.1) is 0 Å². The summed E-state index contributed by atoms with van der Waals surface area (Å²) in [5.41, 5.74) is 3.16. The SMILES string of the molecule is CC(C)[PH+](CC=CCF)C(C)C.CC(C)[PH+](CC=CCF)C(C)C.[Cl][Pd][Cl]. The van der Waals surface area contributed by atoms with Gasteiger partial charge in [-0.2, -0.15) is 0 Å². The van der Waals surface area contributed by atoms with Crippen LogP contribution in [0.15, 0.2) is 24.3 Å². The molecule has 0 nitrogen and oxygen atoms in total. The van der Waals surface area contributed by atoms with Gasteiger partial charge in [-0.25, -0.2) is 8.78 Å². The van der Waals surface area contributed by atoms with Crippen LogP contribution in [0.5, 0.6) is 0 Å². The Hall–Kier alpha value is 1.44. The maximum absolute atomic E-state index is 11.8. The van der Waals surface area contributed by atoms with Crippen LogP contribution < -0.4 is 0 Å². The number of allylic oxidation sites excluding steroid dienone is 4. The molecule has 0 heterocycles. The van der Waals surface area contributed by atoms with Crippen LogP contribution in [-0.4, -0.2) is 48.3 Å². The second-order valence-electron chi connectivity index (χ2n) is 7.47. The van der Waals surface area contributed by atoms with Crippen LogP contribution in [0.1, 0.15) is 55.4 Å². The van der Waals surface area contributed by atoms with Crippen molar-refractivity contribution in [3.8, 4) is 0 Å². The van der Waals surface area contributed by atoms with E-state index in [1.165, 1.54) is 0 Å². The Morgan fingerprint density at radius 3 is 1.00 bits per heavy atom. The molecule has 0 saturated carbocycles.